The van der Waals surface area contributed by atoms with Gasteiger partial charge in [-0.3, -0.25) is 4.79 Å². The largest absolute Gasteiger partial charge is 0.475 e. The van der Waals surface area contributed by atoms with Crippen molar-refractivity contribution >= 4 is 17.3 Å². The molecule has 9 heteroatoms. The highest BCUT2D eigenvalue weighted by Gasteiger charge is 2.35. The van der Waals surface area contributed by atoms with E-state index in [1.54, 1.807) is 4.90 Å². The van der Waals surface area contributed by atoms with Gasteiger partial charge < -0.3 is 24.3 Å². The minimum absolute atomic E-state index is 0.164. The summed E-state index contributed by atoms with van der Waals surface area (Å²) in [5, 5.41) is 20.1. The maximum absolute atomic E-state index is 12.6. The minimum atomic E-state index is -0.284. The molecule has 42 heavy (non-hydrogen) atoms. The molecule has 9 nitrogen and oxygen atoms in total. The Hall–Kier alpha value is -4.08. The number of hydrogen-bond donors (Lipinski definition) is 0. The molecule has 1 aromatic carbocycles. The van der Waals surface area contributed by atoms with Crippen LogP contribution in [-0.2, 0) is 30.6 Å². The molecular weight excluding hydrogens is 526 g/mol. The second-order valence-corrected chi connectivity index (χ2v) is 11.9. The number of carbonyl (C=O) groups excluding carboxylic acids is 1. The van der Waals surface area contributed by atoms with Crippen molar-refractivity contribution in [3.63, 3.8) is 0 Å². The van der Waals surface area contributed by atoms with Crippen LogP contribution in [0.2, 0.25) is 0 Å². The molecule has 0 bridgehead atoms. The van der Waals surface area contributed by atoms with Gasteiger partial charge in [0.25, 0.3) is 0 Å². The first-order valence-corrected chi connectivity index (χ1v) is 15.2. The maximum atomic E-state index is 12.6. The Kier molecular flexibility index (Phi) is 8.04. The molecule has 6 rings (SSSR count). The van der Waals surface area contributed by atoms with E-state index in [1.165, 1.54) is 29.3 Å². The van der Waals surface area contributed by atoms with Gasteiger partial charge in [0.2, 0.25) is 11.8 Å². The van der Waals surface area contributed by atoms with Gasteiger partial charge in [0.1, 0.15) is 18.2 Å². The highest BCUT2D eigenvalue weighted by molar-refractivity contribution is 5.87. The summed E-state index contributed by atoms with van der Waals surface area (Å²) < 4.78 is 6.40. The second-order valence-electron chi connectivity index (χ2n) is 11.9. The number of benzene rings is 1. The fourth-order valence-corrected chi connectivity index (χ4v) is 7.30. The lowest BCUT2D eigenvalue weighted by molar-refractivity contribution is -0.128. The average Bonchev–Trinajstić information content (AvgIpc) is 3.67. The fraction of sp³-hybridized carbons (Fsp3) is 0.515. The third-order valence-electron chi connectivity index (χ3n) is 9.53. The molecule has 2 saturated heterocycles. The highest BCUT2D eigenvalue weighted by atomic mass is 16.5. The number of likely N-dealkylation sites (tertiary alicyclic amines) is 1. The molecule has 2 atom stereocenters. The number of nitrogens with zero attached hydrogens (tertiary/aromatic N) is 7. The van der Waals surface area contributed by atoms with E-state index in [1.807, 2.05) is 0 Å². The van der Waals surface area contributed by atoms with E-state index in [2.05, 4.69) is 58.7 Å². The fourth-order valence-electron chi connectivity index (χ4n) is 7.30. The third kappa shape index (κ3) is 5.18. The van der Waals surface area contributed by atoms with E-state index in [-0.39, 0.29) is 18.4 Å². The second kappa shape index (κ2) is 12.0. The number of ether oxygens (including phenoxy) is 1. The number of aryl methyl sites for hydroxylation is 1. The van der Waals surface area contributed by atoms with Crippen molar-refractivity contribution in [2.75, 3.05) is 56.2 Å². The van der Waals surface area contributed by atoms with E-state index in [4.69, 9.17) is 9.72 Å². The summed E-state index contributed by atoms with van der Waals surface area (Å²) in [6.45, 7) is 8.18. The Morgan fingerprint density at radius 2 is 1.98 bits per heavy atom. The zero-order valence-corrected chi connectivity index (χ0v) is 24.5. The molecule has 2 fully saturated rings. The Bertz CT molecular complexity index is 1460. The van der Waals surface area contributed by atoms with Crippen molar-refractivity contribution in [1.82, 2.24) is 14.8 Å². The van der Waals surface area contributed by atoms with Crippen LogP contribution in [-0.4, -0.2) is 79.2 Å². The Labute approximate surface area is 248 Å². The highest BCUT2D eigenvalue weighted by Crippen LogP contribution is 2.40. The number of piperazine rings is 1. The summed E-state index contributed by atoms with van der Waals surface area (Å²) in [5.41, 5.74) is 7.56. The Morgan fingerprint density at radius 1 is 1.10 bits per heavy atom. The molecule has 0 saturated carbocycles. The number of nitriles is 2. The van der Waals surface area contributed by atoms with Gasteiger partial charge in [0.15, 0.2) is 0 Å². The lowest BCUT2D eigenvalue weighted by atomic mass is 9.96. The first-order valence-electron chi connectivity index (χ1n) is 15.2. The molecule has 0 radical (unpaired) electrons. The van der Waals surface area contributed by atoms with Crippen LogP contribution in [0.25, 0.3) is 0 Å². The van der Waals surface area contributed by atoms with E-state index in [0.717, 1.165) is 62.1 Å². The van der Waals surface area contributed by atoms with Crippen molar-refractivity contribution in [1.29, 1.82) is 10.5 Å². The molecular formula is C33H39N7O2. The van der Waals surface area contributed by atoms with Gasteiger partial charge in [-0.05, 0) is 75.4 Å². The minimum Gasteiger partial charge on any atom is -0.475 e. The van der Waals surface area contributed by atoms with Crippen molar-refractivity contribution < 1.29 is 9.53 Å². The van der Waals surface area contributed by atoms with E-state index in [9.17, 15) is 15.3 Å². The molecule has 4 heterocycles. The monoisotopic (exact) mass is 565 g/mol. The summed E-state index contributed by atoms with van der Waals surface area (Å²) in [6.07, 6.45) is 7.95. The number of carbonyl (C=O) groups is 1. The molecule has 218 valence electrons. The average molecular weight is 566 g/mol. The number of amides is 1. The first kappa shape index (κ1) is 28.1. The molecule has 0 unspecified atom stereocenters. The van der Waals surface area contributed by atoms with Gasteiger partial charge in [-0.25, -0.2) is 4.98 Å². The van der Waals surface area contributed by atoms with Gasteiger partial charge in [0, 0.05) is 43.5 Å². The zero-order valence-electron chi connectivity index (χ0n) is 24.5. The van der Waals surface area contributed by atoms with E-state index >= 15 is 0 Å². The van der Waals surface area contributed by atoms with Crippen LogP contribution in [0.3, 0.4) is 0 Å². The summed E-state index contributed by atoms with van der Waals surface area (Å²) in [5.74, 6) is 0.232. The third-order valence-corrected chi connectivity index (χ3v) is 9.53. The first-order chi connectivity index (χ1) is 20.5. The van der Waals surface area contributed by atoms with Crippen LogP contribution >= 0.6 is 0 Å². The number of anilines is 2. The molecule has 1 aliphatic carbocycles. The lowest BCUT2D eigenvalue weighted by Gasteiger charge is -2.43. The molecule has 0 N–H and O–H groups in total. The summed E-state index contributed by atoms with van der Waals surface area (Å²) in [4.78, 5) is 26.3. The molecule has 1 amide bonds. The van der Waals surface area contributed by atoms with Crippen molar-refractivity contribution in [3.8, 4) is 18.0 Å². The van der Waals surface area contributed by atoms with Crippen LogP contribution in [0.5, 0.6) is 5.88 Å². The van der Waals surface area contributed by atoms with E-state index in [0.29, 0.717) is 50.3 Å². The number of rotatable bonds is 7. The van der Waals surface area contributed by atoms with Gasteiger partial charge in [0.05, 0.1) is 36.5 Å². The molecule has 0 spiro atoms. The topological polar surface area (TPSA) is 99.7 Å². The van der Waals surface area contributed by atoms with Crippen molar-refractivity contribution in [2.24, 2.45) is 0 Å². The molecule has 3 aliphatic heterocycles. The smallest absolute Gasteiger partial charge is 0.246 e. The lowest BCUT2D eigenvalue weighted by Crippen LogP contribution is -2.55. The maximum Gasteiger partial charge on any atom is 0.246 e. The van der Waals surface area contributed by atoms with Gasteiger partial charge >= 0.3 is 0 Å². The quantitative estimate of drug-likeness (QED) is 0.470. The van der Waals surface area contributed by atoms with Gasteiger partial charge in [-0.2, -0.15) is 10.5 Å². The zero-order chi connectivity index (χ0) is 29.2. The van der Waals surface area contributed by atoms with Crippen molar-refractivity contribution in [3.05, 3.63) is 58.8 Å². The van der Waals surface area contributed by atoms with Crippen LogP contribution in [0.1, 0.15) is 53.6 Å². The number of aromatic nitrogens is 1. The van der Waals surface area contributed by atoms with Crippen LogP contribution in [0, 0.1) is 22.7 Å². The number of pyridine rings is 1. The normalized spacial score (nSPS) is 21.8. The van der Waals surface area contributed by atoms with Crippen LogP contribution in [0.15, 0.2) is 30.9 Å². The van der Waals surface area contributed by atoms with Crippen molar-refractivity contribution in [2.45, 2.75) is 63.6 Å². The predicted octanol–water partition coefficient (Wildman–Crippen LogP) is 3.59. The number of fused-ring (bicyclic) bond motifs is 2. The SMILES string of the molecule is C=CC(=O)N1CCN(c2c(C#N)c(OC[C@@H]3CCCN3C)nc3c2CCN(c2cccc4c2CCC4)C3)C[C@@H]1CC#N. The molecule has 1 aromatic heterocycles. The Morgan fingerprint density at radius 3 is 2.74 bits per heavy atom. The standard InChI is InChI=1S/C33H39N7O2/c1-3-31(41)40-18-17-39(20-24(40)12-14-34)32-27-13-16-38(30-11-5-8-23-7-4-10-26(23)30)21-29(27)36-33(28(32)19-35)42-22-25-9-6-15-37(25)2/h3,5,8,11,24-25H,1,4,6-7,9-10,12-13,15-18,20-22H2,2H3/t24-,25-/m0/s1. The molecule has 4 aliphatic rings. The van der Waals surface area contributed by atoms with Gasteiger partial charge in [-0.15, -0.1) is 0 Å². The molecule has 2 aromatic rings. The number of likely N-dealkylation sites (N-methyl/N-ethyl adjacent to an activating group) is 1. The van der Waals surface area contributed by atoms with Crippen LogP contribution in [0.4, 0.5) is 11.4 Å². The summed E-state index contributed by atoms with van der Waals surface area (Å²) in [6, 6.07) is 11.4. The van der Waals surface area contributed by atoms with Gasteiger partial charge in [-0.1, -0.05) is 18.7 Å². The summed E-state index contributed by atoms with van der Waals surface area (Å²) >= 11 is 0. The summed E-state index contributed by atoms with van der Waals surface area (Å²) in [7, 11) is 2.12. The predicted molar refractivity (Wildman–Crippen MR) is 161 cm³/mol. The van der Waals surface area contributed by atoms with E-state index < -0.39 is 0 Å². The van der Waals surface area contributed by atoms with Crippen LogP contribution < -0.4 is 14.5 Å². The number of hydrogen-bond acceptors (Lipinski definition) is 8. The Balaban J connectivity index is 1.38.